The summed E-state index contributed by atoms with van der Waals surface area (Å²) in [5.74, 6) is -0.565. The molecule has 0 aromatic heterocycles. The van der Waals surface area contributed by atoms with E-state index in [0.29, 0.717) is 0 Å². The highest BCUT2D eigenvalue weighted by atomic mass is 28.4. The summed E-state index contributed by atoms with van der Waals surface area (Å²) in [5, 5.41) is 10.9. The highest BCUT2D eigenvalue weighted by molar-refractivity contribution is 6.75. The van der Waals surface area contributed by atoms with Crippen molar-refractivity contribution in [1.82, 2.24) is 0 Å². The molecule has 0 atom stereocenters. The van der Waals surface area contributed by atoms with Gasteiger partial charge in [-0.1, -0.05) is 32.9 Å². The number of hydrogen-bond acceptors (Lipinski definition) is 4. The van der Waals surface area contributed by atoms with Gasteiger partial charge in [0, 0.05) is 6.07 Å². The minimum atomic E-state index is -2.09. The van der Waals surface area contributed by atoms with Gasteiger partial charge in [0.15, 0.2) is 0 Å². The number of nitro groups is 1. The first-order valence-corrected chi connectivity index (χ1v) is 8.99. The normalized spacial score (nSPS) is 11.1. The lowest BCUT2D eigenvalue weighted by Gasteiger charge is -2.27. The molecule has 1 rings (SSSR count). The van der Waals surface area contributed by atoms with E-state index in [-0.39, 0.29) is 11.3 Å². The van der Waals surface area contributed by atoms with Crippen LogP contribution in [-0.4, -0.2) is 19.2 Å². The fraction of sp³-hybridized carbons (Fsp3) is 0.462. The monoisotopic (exact) mass is 281 g/mol. The molecule has 0 amide bonds. The minimum absolute atomic E-state index is 0.0414. The second kappa shape index (κ2) is 6.47. The first-order chi connectivity index (χ1) is 8.99. The van der Waals surface area contributed by atoms with Crippen molar-refractivity contribution >= 4 is 20.0 Å². The van der Waals surface area contributed by atoms with Gasteiger partial charge in [-0.15, -0.1) is 0 Å². The maximum absolute atomic E-state index is 12.2. The van der Waals surface area contributed by atoms with Crippen LogP contribution in [-0.2, 0) is 4.43 Å². The van der Waals surface area contributed by atoms with Crippen LogP contribution in [0.25, 0.3) is 0 Å². The first-order valence-electron chi connectivity index (χ1n) is 6.46. The molecule has 104 valence electrons. The Morgan fingerprint density at radius 3 is 2.21 bits per heavy atom. The van der Waals surface area contributed by atoms with E-state index in [1.54, 1.807) is 12.1 Å². The molecule has 0 aliphatic heterocycles. The summed E-state index contributed by atoms with van der Waals surface area (Å²) in [4.78, 5) is 22.5. The Labute approximate surface area is 113 Å². The van der Waals surface area contributed by atoms with Gasteiger partial charge in [-0.25, -0.2) is 4.79 Å². The number of benzene rings is 1. The number of carbonyl (C=O) groups excluding carboxylic acids is 1. The van der Waals surface area contributed by atoms with Crippen LogP contribution < -0.4 is 0 Å². The fourth-order valence-electron chi connectivity index (χ4n) is 2.02. The van der Waals surface area contributed by atoms with E-state index in [4.69, 9.17) is 4.43 Å². The molecule has 0 heterocycles. The Balaban J connectivity index is 3.05. The quantitative estimate of drug-likeness (QED) is 0.452. The largest absolute Gasteiger partial charge is 0.515 e. The zero-order valence-electron chi connectivity index (χ0n) is 11.5. The van der Waals surface area contributed by atoms with Gasteiger partial charge in [-0.3, -0.25) is 10.1 Å². The second-order valence-corrected chi connectivity index (χ2v) is 9.10. The molecule has 0 unspecified atom stereocenters. The van der Waals surface area contributed by atoms with Gasteiger partial charge in [0.1, 0.15) is 5.56 Å². The van der Waals surface area contributed by atoms with Crippen molar-refractivity contribution in [2.45, 2.75) is 38.9 Å². The van der Waals surface area contributed by atoms with Gasteiger partial charge in [-0.05, 0) is 24.2 Å². The summed E-state index contributed by atoms with van der Waals surface area (Å²) in [6.45, 7) is 6.02. The van der Waals surface area contributed by atoms with E-state index in [2.05, 4.69) is 0 Å². The van der Waals surface area contributed by atoms with Crippen molar-refractivity contribution in [2.24, 2.45) is 0 Å². The fourth-order valence-corrected chi connectivity index (χ4v) is 4.46. The molecule has 0 bridgehead atoms. The summed E-state index contributed by atoms with van der Waals surface area (Å²) in [7, 11) is -2.09. The van der Waals surface area contributed by atoms with Crippen LogP contribution in [0.15, 0.2) is 24.3 Å². The lowest BCUT2D eigenvalue weighted by molar-refractivity contribution is -0.385. The Morgan fingerprint density at radius 1 is 1.21 bits per heavy atom. The Kier molecular flexibility index (Phi) is 5.23. The number of para-hydroxylation sites is 1. The van der Waals surface area contributed by atoms with Gasteiger partial charge in [0.25, 0.3) is 14.0 Å². The average Bonchev–Trinajstić information content (AvgIpc) is 2.44. The summed E-state index contributed by atoms with van der Waals surface area (Å²) in [6, 6.07) is 8.39. The van der Waals surface area contributed by atoms with E-state index < -0.39 is 19.2 Å². The van der Waals surface area contributed by atoms with Crippen LogP contribution in [0.5, 0.6) is 0 Å². The van der Waals surface area contributed by atoms with E-state index in [9.17, 15) is 14.9 Å². The van der Waals surface area contributed by atoms with Crippen molar-refractivity contribution in [3.05, 3.63) is 39.9 Å². The standard InChI is InChI=1S/C13H19NO4Si/c1-4-19(5-2,6-3)18-13(15)11-9-7-8-10-12(11)14(16)17/h7-10H,4-6H2,1-3H3. The molecule has 0 aliphatic carbocycles. The zero-order valence-corrected chi connectivity index (χ0v) is 12.5. The number of nitrogens with zero attached hydrogens (tertiary/aromatic N) is 1. The van der Waals surface area contributed by atoms with E-state index in [1.165, 1.54) is 12.1 Å². The van der Waals surface area contributed by atoms with Gasteiger partial charge >= 0.3 is 5.97 Å². The van der Waals surface area contributed by atoms with Crippen LogP contribution in [0.2, 0.25) is 18.1 Å². The van der Waals surface area contributed by atoms with Crippen molar-refractivity contribution < 1.29 is 14.1 Å². The summed E-state index contributed by atoms with van der Waals surface area (Å²) in [6.07, 6.45) is 0. The third-order valence-electron chi connectivity index (χ3n) is 3.56. The third kappa shape index (κ3) is 3.41. The molecule has 0 radical (unpaired) electrons. The van der Waals surface area contributed by atoms with E-state index in [0.717, 1.165) is 18.1 Å². The lowest BCUT2D eigenvalue weighted by Crippen LogP contribution is -2.38. The van der Waals surface area contributed by atoms with Crippen LogP contribution in [0.1, 0.15) is 31.1 Å². The second-order valence-electron chi connectivity index (χ2n) is 4.41. The van der Waals surface area contributed by atoms with Gasteiger partial charge in [-0.2, -0.15) is 0 Å². The Hall–Kier alpha value is -1.69. The highest BCUT2D eigenvalue weighted by Crippen LogP contribution is 2.26. The third-order valence-corrected chi connectivity index (χ3v) is 8.05. The van der Waals surface area contributed by atoms with Crippen molar-refractivity contribution in [2.75, 3.05) is 0 Å². The predicted molar refractivity (Wildman–Crippen MR) is 75.7 cm³/mol. The molecule has 5 nitrogen and oxygen atoms in total. The number of carbonyl (C=O) groups is 1. The number of nitro benzene ring substituents is 1. The smallest absolute Gasteiger partial charge is 0.331 e. The summed E-state index contributed by atoms with van der Waals surface area (Å²) in [5.41, 5.74) is -0.154. The molecule has 1 aromatic carbocycles. The molecule has 19 heavy (non-hydrogen) atoms. The molecular weight excluding hydrogens is 262 g/mol. The van der Waals surface area contributed by atoms with Crippen LogP contribution in [0.4, 0.5) is 5.69 Å². The van der Waals surface area contributed by atoms with Crippen LogP contribution in [0, 0.1) is 10.1 Å². The number of hydrogen-bond donors (Lipinski definition) is 0. The highest BCUT2D eigenvalue weighted by Gasteiger charge is 2.34. The van der Waals surface area contributed by atoms with Crippen LogP contribution in [0.3, 0.4) is 0 Å². The Bertz CT molecular complexity index is 463. The molecule has 0 aliphatic rings. The molecule has 6 heteroatoms. The maximum atomic E-state index is 12.2. The van der Waals surface area contributed by atoms with E-state index in [1.807, 2.05) is 20.8 Å². The Morgan fingerprint density at radius 2 is 1.74 bits per heavy atom. The molecule has 1 aromatic rings. The van der Waals surface area contributed by atoms with Crippen LogP contribution >= 0.6 is 0 Å². The molecule has 0 saturated carbocycles. The van der Waals surface area contributed by atoms with Gasteiger partial charge in [0.2, 0.25) is 0 Å². The summed E-state index contributed by atoms with van der Waals surface area (Å²) < 4.78 is 5.66. The topological polar surface area (TPSA) is 69.4 Å². The molecular formula is C13H19NO4Si. The SMILES string of the molecule is CC[Si](CC)(CC)OC(=O)c1ccccc1[N+](=O)[O-]. The molecule has 0 saturated heterocycles. The molecule has 0 spiro atoms. The number of rotatable bonds is 6. The maximum Gasteiger partial charge on any atom is 0.331 e. The first kappa shape index (κ1) is 15.4. The zero-order chi connectivity index (χ0) is 14.5. The lowest BCUT2D eigenvalue weighted by atomic mass is 10.2. The van der Waals surface area contributed by atoms with Gasteiger partial charge in [0.05, 0.1) is 4.92 Å². The van der Waals surface area contributed by atoms with Crippen molar-refractivity contribution in [1.29, 1.82) is 0 Å². The van der Waals surface area contributed by atoms with Crippen molar-refractivity contribution in [3.8, 4) is 0 Å². The van der Waals surface area contributed by atoms with E-state index >= 15 is 0 Å². The molecule has 0 N–H and O–H groups in total. The molecule has 0 fully saturated rings. The summed E-state index contributed by atoms with van der Waals surface area (Å²) >= 11 is 0. The average molecular weight is 281 g/mol. The van der Waals surface area contributed by atoms with Gasteiger partial charge < -0.3 is 4.43 Å². The minimum Gasteiger partial charge on any atom is -0.515 e. The van der Waals surface area contributed by atoms with Crippen molar-refractivity contribution in [3.63, 3.8) is 0 Å². The predicted octanol–water partition coefficient (Wildman–Crippen LogP) is 3.76.